The number of thiazole rings is 1. The third-order valence-corrected chi connectivity index (χ3v) is 4.91. The Morgan fingerprint density at radius 3 is 2.96 bits per heavy atom. The zero-order chi connectivity index (χ0) is 19.0. The van der Waals surface area contributed by atoms with Crippen LogP contribution in [0.3, 0.4) is 0 Å². The summed E-state index contributed by atoms with van der Waals surface area (Å²) in [5, 5.41) is 6.02. The lowest BCUT2D eigenvalue weighted by molar-refractivity contribution is -0.115. The Labute approximate surface area is 158 Å². The van der Waals surface area contributed by atoms with Gasteiger partial charge in [0.2, 0.25) is 5.91 Å². The first-order valence-corrected chi connectivity index (χ1v) is 9.08. The van der Waals surface area contributed by atoms with Crippen molar-refractivity contribution in [2.24, 2.45) is 5.73 Å². The van der Waals surface area contributed by atoms with Crippen molar-refractivity contribution in [3.05, 3.63) is 58.9 Å². The molecule has 0 saturated heterocycles. The van der Waals surface area contributed by atoms with Crippen LogP contribution in [0.1, 0.15) is 21.6 Å². The largest absolute Gasteiger partial charge is 0.464 e. The summed E-state index contributed by atoms with van der Waals surface area (Å²) in [6.07, 6.45) is 3.46. The molecule has 27 heavy (non-hydrogen) atoms. The number of carbonyl (C=O) groups is 2. The lowest BCUT2D eigenvalue weighted by atomic mass is 10.1. The number of nitrogens with zero attached hydrogens (tertiary/aromatic N) is 1. The average Bonchev–Trinajstić information content (AvgIpc) is 3.34. The Kier molecular flexibility index (Phi) is 4.25. The molecule has 7 nitrogen and oxygen atoms in total. The number of rotatable bonds is 5. The van der Waals surface area contributed by atoms with E-state index in [0.29, 0.717) is 16.5 Å². The number of fused-ring (bicyclic) bond motifs is 1. The molecule has 0 aliphatic heterocycles. The highest BCUT2D eigenvalue weighted by Crippen LogP contribution is 2.26. The Morgan fingerprint density at radius 1 is 1.33 bits per heavy atom. The third kappa shape index (κ3) is 3.47. The minimum atomic E-state index is -0.535. The summed E-state index contributed by atoms with van der Waals surface area (Å²) in [5.74, 6) is -0.710. The van der Waals surface area contributed by atoms with Gasteiger partial charge in [-0.1, -0.05) is 12.1 Å². The number of furan rings is 1. The molecular weight excluding hydrogens is 364 g/mol. The molecule has 0 atom stereocenters. The fraction of sp³-hybridized carbons (Fsp3) is 0.105. The van der Waals surface area contributed by atoms with Crippen LogP contribution in [-0.4, -0.2) is 21.8 Å². The topological polar surface area (TPSA) is 114 Å². The van der Waals surface area contributed by atoms with E-state index in [1.807, 2.05) is 25.1 Å². The molecule has 0 saturated carbocycles. The molecule has 136 valence electrons. The van der Waals surface area contributed by atoms with E-state index in [0.717, 1.165) is 27.7 Å². The number of hydrogen-bond acceptors (Lipinski definition) is 5. The second-order valence-electron chi connectivity index (χ2n) is 6.19. The fourth-order valence-electron chi connectivity index (χ4n) is 2.81. The molecule has 0 fully saturated rings. The molecule has 1 aromatic carbocycles. The van der Waals surface area contributed by atoms with Gasteiger partial charge in [-0.15, -0.1) is 11.3 Å². The monoisotopic (exact) mass is 380 g/mol. The Morgan fingerprint density at radius 2 is 2.19 bits per heavy atom. The van der Waals surface area contributed by atoms with E-state index in [1.165, 1.54) is 11.3 Å². The van der Waals surface area contributed by atoms with Gasteiger partial charge < -0.3 is 20.5 Å². The standard InChI is InChI=1S/C19H16N4O3S/c1-10-2-3-13-12(8-26-16(13)4-10)6-17(24)23-19-22-15(9-27-19)11-5-14(18(20)25)21-7-11/h2-5,7-9,21H,6H2,1H3,(H2,20,25)(H,22,23,24). The van der Waals surface area contributed by atoms with Crippen LogP contribution in [0.2, 0.25) is 0 Å². The van der Waals surface area contributed by atoms with E-state index in [2.05, 4.69) is 15.3 Å². The highest BCUT2D eigenvalue weighted by molar-refractivity contribution is 7.14. The van der Waals surface area contributed by atoms with Gasteiger partial charge in [0.15, 0.2) is 5.13 Å². The molecule has 0 spiro atoms. The number of primary amides is 1. The van der Waals surface area contributed by atoms with Crippen molar-refractivity contribution in [3.63, 3.8) is 0 Å². The van der Waals surface area contributed by atoms with Crippen molar-refractivity contribution < 1.29 is 14.0 Å². The van der Waals surface area contributed by atoms with Crippen molar-refractivity contribution in [1.29, 1.82) is 0 Å². The molecule has 4 rings (SSSR count). The molecular formula is C19H16N4O3S. The summed E-state index contributed by atoms with van der Waals surface area (Å²) in [6, 6.07) is 7.52. The number of aromatic amines is 1. The van der Waals surface area contributed by atoms with Crippen LogP contribution in [0.25, 0.3) is 22.2 Å². The number of aromatic nitrogens is 2. The average molecular weight is 380 g/mol. The molecule has 3 aromatic heterocycles. The summed E-state index contributed by atoms with van der Waals surface area (Å²) in [6.45, 7) is 1.99. The molecule has 0 bridgehead atoms. The number of carbonyl (C=O) groups excluding carboxylic acids is 2. The van der Waals surface area contributed by atoms with Crippen molar-refractivity contribution in [1.82, 2.24) is 9.97 Å². The highest BCUT2D eigenvalue weighted by atomic mass is 32.1. The van der Waals surface area contributed by atoms with E-state index in [4.69, 9.17) is 10.2 Å². The lowest BCUT2D eigenvalue weighted by Crippen LogP contribution is -2.13. The molecule has 0 unspecified atom stereocenters. The Bertz CT molecular complexity index is 1150. The lowest BCUT2D eigenvalue weighted by Gasteiger charge is -2.00. The first-order valence-electron chi connectivity index (χ1n) is 8.20. The molecule has 2 amide bonds. The quantitative estimate of drug-likeness (QED) is 0.492. The van der Waals surface area contributed by atoms with Gasteiger partial charge in [0.05, 0.1) is 18.4 Å². The number of hydrogen-bond donors (Lipinski definition) is 3. The predicted molar refractivity (Wildman–Crippen MR) is 104 cm³/mol. The zero-order valence-corrected chi connectivity index (χ0v) is 15.2. The predicted octanol–water partition coefficient (Wildman–Crippen LogP) is 3.47. The summed E-state index contributed by atoms with van der Waals surface area (Å²) < 4.78 is 5.53. The van der Waals surface area contributed by atoms with Crippen molar-refractivity contribution in [2.75, 3.05) is 5.32 Å². The molecule has 4 aromatic rings. The Hall–Kier alpha value is -3.39. The molecule has 8 heteroatoms. The number of benzene rings is 1. The molecule has 4 N–H and O–H groups in total. The zero-order valence-electron chi connectivity index (χ0n) is 14.4. The number of nitrogens with two attached hydrogens (primary N) is 1. The molecule has 0 aliphatic carbocycles. The first-order chi connectivity index (χ1) is 13.0. The third-order valence-electron chi connectivity index (χ3n) is 4.16. The number of H-pyrrole nitrogens is 1. The van der Waals surface area contributed by atoms with Gasteiger partial charge in [0.1, 0.15) is 11.3 Å². The van der Waals surface area contributed by atoms with Gasteiger partial charge in [-0.05, 0) is 24.6 Å². The second kappa shape index (κ2) is 6.73. The van der Waals surface area contributed by atoms with Crippen LogP contribution in [-0.2, 0) is 11.2 Å². The van der Waals surface area contributed by atoms with Gasteiger partial charge in [-0.3, -0.25) is 9.59 Å². The molecule has 3 heterocycles. The Balaban J connectivity index is 1.46. The minimum Gasteiger partial charge on any atom is -0.464 e. The van der Waals surface area contributed by atoms with Crippen LogP contribution in [0.5, 0.6) is 0 Å². The van der Waals surface area contributed by atoms with E-state index in [-0.39, 0.29) is 12.3 Å². The number of aryl methyl sites for hydroxylation is 1. The first kappa shape index (κ1) is 17.0. The number of amides is 2. The maximum atomic E-state index is 12.4. The normalized spacial score (nSPS) is 11.0. The van der Waals surface area contributed by atoms with Gasteiger partial charge in [-0.2, -0.15) is 0 Å². The van der Waals surface area contributed by atoms with Gasteiger partial charge in [-0.25, -0.2) is 4.98 Å². The van der Waals surface area contributed by atoms with E-state index < -0.39 is 5.91 Å². The van der Waals surface area contributed by atoms with Crippen LogP contribution < -0.4 is 11.1 Å². The number of anilines is 1. The smallest absolute Gasteiger partial charge is 0.265 e. The second-order valence-corrected chi connectivity index (χ2v) is 7.05. The van der Waals surface area contributed by atoms with Gasteiger partial charge in [0, 0.05) is 28.1 Å². The van der Waals surface area contributed by atoms with Crippen molar-refractivity contribution >= 4 is 39.3 Å². The highest BCUT2D eigenvalue weighted by Gasteiger charge is 2.14. The van der Waals surface area contributed by atoms with Crippen molar-refractivity contribution in [3.8, 4) is 11.3 Å². The number of nitrogens with one attached hydrogen (secondary N) is 2. The van der Waals surface area contributed by atoms with Gasteiger partial charge in [0.25, 0.3) is 5.91 Å². The van der Waals surface area contributed by atoms with E-state index in [1.54, 1.807) is 23.9 Å². The molecule has 0 radical (unpaired) electrons. The SMILES string of the molecule is Cc1ccc2c(CC(=O)Nc3nc(-c4c[nH]c(C(N)=O)c4)cs3)coc2c1. The van der Waals surface area contributed by atoms with Crippen LogP contribution in [0.15, 0.2) is 46.5 Å². The summed E-state index contributed by atoms with van der Waals surface area (Å²) in [5.41, 5.74) is 9.64. The van der Waals surface area contributed by atoms with E-state index >= 15 is 0 Å². The maximum Gasteiger partial charge on any atom is 0.265 e. The van der Waals surface area contributed by atoms with Gasteiger partial charge >= 0.3 is 0 Å². The molecule has 0 aliphatic rings. The van der Waals surface area contributed by atoms with E-state index in [9.17, 15) is 9.59 Å². The van der Waals surface area contributed by atoms with Crippen LogP contribution in [0.4, 0.5) is 5.13 Å². The summed E-state index contributed by atoms with van der Waals surface area (Å²) in [7, 11) is 0. The maximum absolute atomic E-state index is 12.4. The van der Waals surface area contributed by atoms with Crippen LogP contribution in [0, 0.1) is 6.92 Å². The summed E-state index contributed by atoms with van der Waals surface area (Å²) in [4.78, 5) is 30.7. The summed E-state index contributed by atoms with van der Waals surface area (Å²) >= 11 is 1.31. The fourth-order valence-corrected chi connectivity index (χ4v) is 3.55. The van der Waals surface area contributed by atoms with Crippen molar-refractivity contribution in [2.45, 2.75) is 13.3 Å². The van der Waals surface area contributed by atoms with Crippen LogP contribution >= 0.6 is 11.3 Å². The minimum absolute atomic E-state index is 0.175.